The highest BCUT2D eigenvalue weighted by Crippen LogP contribution is 2.20. The fourth-order valence-corrected chi connectivity index (χ4v) is 2.42. The minimum absolute atomic E-state index is 0.0990. The van der Waals surface area contributed by atoms with Gasteiger partial charge in [0.05, 0.1) is 17.1 Å². The number of hydrogen-bond donors (Lipinski definition) is 2. The van der Waals surface area contributed by atoms with Crippen LogP contribution in [0.1, 0.15) is 31.2 Å². The summed E-state index contributed by atoms with van der Waals surface area (Å²) in [7, 11) is 0. The van der Waals surface area contributed by atoms with Crippen LogP contribution in [0.2, 0.25) is 5.02 Å². The molecule has 2 rings (SSSR count). The van der Waals surface area contributed by atoms with Crippen molar-refractivity contribution in [1.82, 2.24) is 5.32 Å². The number of nitriles is 1. The van der Waals surface area contributed by atoms with Crippen LogP contribution in [0, 0.1) is 11.3 Å². The van der Waals surface area contributed by atoms with E-state index in [1.54, 1.807) is 18.2 Å². The average Bonchev–Trinajstić information content (AvgIpc) is 2.92. The predicted molar refractivity (Wildman–Crippen MR) is 75.1 cm³/mol. The van der Waals surface area contributed by atoms with E-state index in [-0.39, 0.29) is 5.91 Å². The number of benzene rings is 1. The van der Waals surface area contributed by atoms with Crippen molar-refractivity contribution in [2.75, 3.05) is 11.9 Å². The molecule has 0 unspecified atom stereocenters. The van der Waals surface area contributed by atoms with Gasteiger partial charge in [-0.25, -0.2) is 0 Å². The van der Waals surface area contributed by atoms with E-state index < -0.39 is 0 Å². The molecule has 1 amide bonds. The molecule has 0 radical (unpaired) electrons. The maximum atomic E-state index is 11.8. The third kappa shape index (κ3) is 3.95. The van der Waals surface area contributed by atoms with Crippen LogP contribution in [0.25, 0.3) is 0 Å². The molecular weight excluding hydrogens is 262 g/mol. The number of amides is 1. The van der Waals surface area contributed by atoms with Crippen molar-refractivity contribution in [3.63, 3.8) is 0 Å². The summed E-state index contributed by atoms with van der Waals surface area (Å²) >= 11 is 5.83. The Morgan fingerprint density at radius 1 is 1.42 bits per heavy atom. The molecule has 100 valence electrons. The summed E-state index contributed by atoms with van der Waals surface area (Å²) in [5.41, 5.74) is 0.961. The summed E-state index contributed by atoms with van der Waals surface area (Å²) in [6.07, 6.45) is 4.77. The number of nitrogens with zero attached hydrogens (tertiary/aromatic N) is 1. The zero-order chi connectivity index (χ0) is 13.7. The summed E-state index contributed by atoms with van der Waals surface area (Å²) in [4.78, 5) is 11.8. The van der Waals surface area contributed by atoms with Gasteiger partial charge in [0.15, 0.2) is 0 Å². The number of nitrogens with one attached hydrogen (secondary N) is 2. The molecule has 5 heteroatoms. The Balaban J connectivity index is 1.86. The highest BCUT2D eigenvalue weighted by atomic mass is 35.5. The predicted octanol–water partition coefficient (Wildman–Crippen LogP) is 2.68. The van der Waals surface area contributed by atoms with Gasteiger partial charge >= 0.3 is 0 Å². The summed E-state index contributed by atoms with van der Waals surface area (Å²) in [5, 5.41) is 15.3. The smallest absolute Gasteiger partial charge is 0.238 e. The first-order valence-corrected chi connectivity index (χ1v) is 6.79. The van der Waals surface area contributed by atoms with Crippen molar-refractivity contribution < 1.29 is 4.79 Å². The monoisotopic (exact) mass is 277 g/mol. The van der Waals surface area contributed by atoms with Crippen LogP contribution in [-0.2, 0) is 4.79 Å². The number of carbonyl (C=O) groups excluding carboxylic acids is 1. The topological polar surface area (TPSA) is 64.9 Å². The lowest BCUT2D eigenvalue weighted by atomic mass is 10.2. The second kappa shape index (κ2) is 6.55. The molecule has 1 fully saturated rings. The molecule has 1 aromatic carbocycles. The lowest BCUT2D eigenvalue weighted by molar-refractivity contribution is -0.115. The summed E-state index contributed by atoms with van der Waals surface area (Å²) < 4.78 is 0. The Bertz CT molecular complexity index is 504. The zero-order valence-corrected chi connectivity index (χ0v) is 11.3. The van der Waals surface area contributed by atoms with Gasteiger partial charge in [-0.05, 0) is 31.0 Å². The van der Waals surface area contributed by atoms with Crippen molar-refractivity contribution in [2.24, 2.45) is 0 Å². The van der Waals surface area contributed by atoms with Gasteiger partial charge < -0.3 is 10.6 Å². The largest absolute Gasteiger partial charge is 0.325 e. The van der Waals surface area contributed by atoms with E-state index in [0.717, 1.165) is 12.8 Å². The van der Waals surface area contributed by atoms with Crippen molar-refractivity contribution in [3.8, 4) is 6.07 Å². The van der Waals surface area contributed by atoms with Crippen molar-refractivity contribution in [2.45, 2.75) is 31.7 Å². The fourth-order valence-electron chi connectivity index (χ4n) is 2.26. The molecule has 1 aliphatic rings. The van der Waals surface area contributed by atoms with Crippen LogP contribution in [0.3, 0.4) is 0 Å². The zero-order valence-electron chi connectivity index (χ0n) is 10.6. The Kier molecular flexibility index (Phi) is 4.78. The van der Waals surface area contributed by atoms with Gasteiger partial charge in [-0.15, -0.1) is 0 Å². The maximum absolute atomic E-state index is 11.8. The van der Waals surface area contributed by atoms with Gasteiger partial charge in [-0.1, -0.05) is 24.4 Å². The molecule has 1 aromatic rings. The number of carbonyl (C=O) groups is 1. The van der Waals surface area contributed by atoms with E-state index >= 15 is 0 Å². The lowest BCUT2D eigenvalue weighted by Crippen LogP contribution is -2.34. The fraction of sp³-hybridized carbons (Fsp3) is 0.429. The molecule has 0 saturated heterocycles. The van der Waals surface area contributed by atoms with E-state index in [0.29, 0.717) is 28.9 Å². The second-order valence-electron chi connectivity index (χ2n) is 4.72. The highest BCUT2D eigenvalue weighted by Gasteiger charge is 2.15. The number of anilines is 1. The third-order valence-electron chi connectivity index (χ3n) is 3.28. The summed E-state index contributed by atoms with van der Waals surface area (Å²) in [6.45, 7) is 0.301. The first kappa shape index (κ1) is 13.9. The molecule has 0 spiro atoms. The number of hydrogen-bond acceptors (Lipinski definition) is 3. The summed E-state index contributed by atoms with van der Waals surface area (Å²) in [5.74, 6) is -0.0990. The van der Waals surface area contributed by atoms with Crippen molar-refractivity contribution in [3.05, 3.63) is 28.8 Å². The number of halogens is 1. The SMILES string of the molecule is N#Cc1cc(NC(=O)CNC2CCCC2)ccc1Cl. The highest BCUT2D eigenvalue weighted by molar-refractivity contribution is 6.31. The molecule has 1 saturated carbocycles. The van der Waals surface area contributed by atoms with Gasteiger partial charge in [-0.2, -0.15) is 5.26 Å². The molecule has 0 atom stereocenters. The molecule has 0 aromatic heterocycles. The lowest BCUT2D eigenvalue weighted by Gasteiger charge is -2.12. The first-order valence-electron chi connectivity index (χ1n) is 6.42. The Morgan fingerprint density at radius 2 is 2.16 bits per heavy atom. The van der Waals surface area contributed by atoms with Crippen LogP contribution in [0.15, 0.2) is 18.2 Å². The molecule has 0 bridgehead atoms. The molecule has 4 nitrogen and oxygen atoms in total. The minimum Gasteiger partial charge on any atom is -0.325 e. The van der Waals surface area contributed by atoms with Gasteiger partial charge in [0.2, 0.25) is 5.91 Å². The van der Waals surface area contributed by atoms with Crippen LogP contribution in [-0.4, -0.2) is 18.5 Å². The maximum Gasteiger partial charge on any atom is 0.238 e. The Hall–Kier alpha value is -1.57. The van der Waals surface area contributed by atoms with Gasteiger partial charge in [0.25, 0.3) is 0 Å². The Morgan fingerprint density at radius 3 is 2.84 bits per heavy atom. The van der Waals surface area contributed by atoms with Crippen LogP contribution in [0.4, 0.5) is 5.69 Å². The van der Waals surface area contributed by atoms with Gasteiger partial charge in [0, 0.05) is 11.7 Å². The van der Waals surface area contributed by atoms with E-state index in [1.165, 1.54) is 12.8 Å². The molecular formula is C14H16ClN3O. The Labute approximate surface area is 117 Å². The molecule has 19 heavy (non-hydrogen) atoms. The van der Waals surface area contributed by atoms with Crippen molar-refractivity contribution in [1.29, 1.82) is 5.26 Å². The van der Waals surface area contributed by atoms with E-state index in [2.05, 4.69) is 10.6 Å². The third-order valence-corrected chi connectivity index (χ3v) is 3.61. The minimum atomic E-state index is -0.0990. The standard InChI is InChI=1S/C14H16ClN3O/c15-13-6-5-12(7-10(13)8-16)18-14(19)9-17-11-3-1-2-4-11/h5-7,11,17H,1-4,9H2,(H,18,19). The van der Waals surface area contributed by atoms with Crippen LogP contribution >= 0.6 is 11.6 Å². The van der Waals surface area contributed by atoms with Crippen LogP contribution in [0.5, 0.6) is 0 Å². The average molecular weight is 278 g/mol. The van der Waals surface area contributed by atoms with Crippen molar-refractivity contribution >= 4 is 23.2 Å². The van der Waals surface area contributed by atoms with E-state index in [4.69, 9.17) is 16.9 Å². The van der Waals surface area contributed by atoms with Gasteiger partial charge in [0.1, 0.15) is 6.07 Å². The van der Waals surface area contributed by atoms with Crippen LogP contribution < -0.4 is 10.6 Å². The molecule has 0 aliphatic heterocycles. The normalized spacial score (nSPS) is 15.2. The van der Waals surface area contributed by atoms with Gasteiger partial charge in [-0.3, -0.25) is 4.79 Å². The quantitative estimate of drug-likeness (QED) is 0.889. The summed E-state index contributed by atoms with van der Waals surface area (Å²) in [6, 6.07) is 7.33. The molecule has 1 aliphatic carbocycles. The second-order valence-corrected chi connectivity index (χ2v) is 5.12. The first-order chi connectivity index (χ1) is 9.19. The molecule has 0 heterocycles. The number of rotatable bonds is 4. The van der Waals surface area contributed by atoms with E-state index in [9.17, 15) is 4.79 Å². The van der Waals surface area contributed by atoms with E-state index in [1.807, 2.05) is 6.07 Å². The molecule has 2 N–H and O–H groups in total.